The lowest BCUT2D eigenvalue weighted by Gasteiger charge is -2.12. The molecule has 0 bridgehead atoms. The number of nitrogens with zero attached hydrogens (tertiary/aromatic N) is 1. The molecule has 0 atom stereocenters. The minimum absolute atomic E-state index is 0.0987. The van der Waals surface area contributed by atoms with Gasteiger partial charge in [0.1, 0.15) is 10.6 Å². The molecule has 12 heteroatoms. The number of nitro benzene ring substituents is 1. The van der Waals surface area contributed by atoms with E-state index >= 15 is 0 Å². The van der Waals surface area contributed by atoms with Gasteiger partial charge in [-0.1, -0.05) is 0 Å². The number of benzene rings is 1. The largest absolute Gasteiger partial charge is 0.493 e. The van der Waals surface area contributed by atoms with Gasteiger partial charge in [0.25, 0.3) is 17.5 Å². The van der Waals surface area contributed by atoms with Gasteiger partial charge in [0.05, 0.1) is 30.3 Å². The van der Waals surface area contributed by atoms with Crippen molar-refractivity contribution in [3.63, 3.8) is 0 Å². The first-order valence-electron chi connectivity index (χ1n) is 10.2. The minimum atomic E-state index is -1.08. The van der Waals surface area contributed by atoms with Crippen molar-refractivity contribution in [2.24, 2.45) is 5.73 Å². The molecule has 0 saturated carbocycles. The fourth-order valence-electron chi connectivity index (χ4n) is 3.58. The first-order chi connectivity index (χ1) is 15.8. The number of nitrogens with two attached hydrogens (primary N) is 1. The Morgan fingerprint density at radius 2 is 1.94 bits per heavy atom. The average molecular weight is 477 g/mol. The Bertz CT molecular complexity index is 1110. The zero-order valence-electron chi connectivity index (χ0n) is 18.1. The minimum Gasteiger partial charge on any atom is -0.493 e. The molecule has 1 heterocycles. The summed E-state index contributed by atoms with van der Waals surface area (Å²) in [6.07, 6.45) is 3.42. The number of anilines is 1. The molecule has 1 aliphatic rings. The second-order valence-corrected chi connectivity index (χ2v) is 8.22. The summed E-state index contributed by atoms with van der Waals surface area (Å²) in [5.41, 5.74) is 5.70. The van der Waals surface area contributed by atoms with Crippen molar-refractivity contribution < 1.29 is 33.5 Å². The summed E-state index contributed by atoms with van der Waals surface area (Å²) in [7, 11) is 1.32. The lowest BCUT2D eigenvalue weighted by molar-refractivity contribution is -0.385. The Hall–Kier alpha value is -3.67. The number of hydrogen-bond donors (Lipinski definition) is 2. The molecule has 3 rings (SSSR count). The number of nitrogens with one attached hydrogen (secondary N) is 1. The summed E-state index contributed by atoms with van der Waals surface area (Å²) in [6, 6.07) is 2.19. The van der Waals surface area contributed by atoms with E-state index < -0.39 is 40.6 Å². The van der Waals surface area contributed by atoms with Gasteiger partial charge in [-0.3, -0.25) is 19.7 Å². The Morgan fingerprint density at radius 1 is 1.21 bits per heavy atom. The molecule has 0 fully saturated rings. The number of ether oxygens (including phenoxy) is 3. The molecule has 2 aromatic rings. The Kier molecular flexibility index (Phi) is 7.48. The maximum Gasteiger partial charge on any atom is 0.345 e. The van der Waals surface area contributed by atoms with Gasteiger partial charge in [-0.05, 0) is 38.2 Å². The zero-order chi connectivity index (χ0) is 24.1. The molecule has 11 nitrogen and oxygen atoms in total. The molecule has 0 spiro atoms. The second kappa shape index (κ2) is 10.3. The number of esters is 1. The topological polar surface area (TPSA) is 160 Å². The average Bonchev–Trinajstić information content (AvgIpc) is 3.15. The van der Waals surface area contributed by atoms with Gasteiger partial charge in [-0.2, -0.15) is 0 Å². The molecule has 1 aromatic carbocycles. The van der Waals surface area contributed by atoms with Crippen LogP contribution in [0.2, 0.25) is 0 Å². The summed E-state index contributed by atoms with van der Waals surface area (Å²) in [5.74, 6) is -2.22. The molecule has 176 valence electrons. The number of nitro groups is 1. The third kappa shape index (κ3) is 5.22. The number of carbonyl (C=O) groups excluding carboxylic acids is 3. The highest BCUT2D eigenvalue weighted by molar-refractivity contribution is 7.17. The monoisotopic (exact) mass is 477 g/mol. The maximum atomic E-state index is 12.5. The highest BCUT2D eigenvalue weighted by atomic mass is 32.1. The number of aryl methyl sites for hydroxylation is 1. The van der Waals surface area contributed by atoms with Crippen molar-refractivity contribution in [2.75, 3.05) is 25.6 Å². The van der Waals surface area contributed by atoms with Crippen molar-refractivity contribution in [2.45, 2.75) is 32.6 Å². The van der Waals surface area contributed by atoms with E-state index in [0.29, 0.717) is 11.4 Å². The first kappa shape index (κ1) is 24.0. The van der Waals surface area contributed by atoms with Crippen LogP contribution in [0.3, 0.4) is 0 Å². The predicted octanol–water partition coefficient (Wildman–Crippen LogP) is 2.84. The van der Waals surface area contributed by atoms with Crippen LogP contribution in [0.15, 0.2) is 12.1 Å². The number of methoxy groups -OCH3 is 1. The normalized spacial score (nSPS) is 12.4. The maximum absolute atomic E-state index is 12.5. The van der Waals surface area contributed by atoms with Crippen LogP contribution in [0.1, 0.15) is 50.9 Å². The fraction of sp³-hybridized carbons (Fsp3) is 0.381. The number of hydrogen-bond acceptors (Lipinski definition) is 9. The van der Waals surface area contributed by atoms with E-state index in [1.807, 2.05) is 0 Å². The third-order valence-corrected chi connectivity index (χ3v) is 6.21. The molecule has 2 amide bonds. The molecule has 0 saturated heterocycles. The van der Waals surface area contributed by atoms with Crippen LogP contribution in [-0.4, -0.2) is 43.0 Å². The molecule has 33 heavy (non-hydrogen) atoms. The summed E-state index contributed by atoms with van der Waals surface area (Å²) >= 11 is 1.27. The van der Waals surface area contributed by atoms with Crippen LogP contribution in [0.25, 0.3) is 0 Å². The van der Waals surface area contributed by atoms with Gasteiger partial charge in [-0.25, -0.2) is 4.79 Å². The van der Waals surface area contributed by atoms with Gasteiger partial charge in [0.15, 0.2) is 18.1 Å². The van der Waals surface area contributed by atoms with Crippen LogP contribution in [0.4, 0.5) is 10.7 Å². The SMILES string of the molecule is CCOc1cc([N+](=O)[O-])c(C(=O)OCC(=O)Nc2sc3c(c2C(N)=O)CCCC3)cc1OC. The van der Waals surface area contributed by atoms with E-state index in [2.05, 4.69) is 5.32 Å². The summed E-state index contributed by atoms with van der Waals surface area (Å²) in [4.78, 5) is 48.5. The number of rotatable bonds is 9. The lowest BCUT2D eigenvalue weighted by Crippen LogP contribution is -2.23. The Balaban J connectivity index is 1.75. The second-order valence-electron chi connectivity index (χ2n) is 7.11. The van der Waals surface area contributed by atoms with E-state index in [0.717, 1.165) is 41.8 Å². The van der Waals surface area contributed by atoms with Crippen LogP contribution in [0.5, 0.6) is 11.5 Å². The van der Waals surface area contributed by atoms with Crippen LogP contribution < -0.4 is 20.5 Å². The molecular formula is C21H23N3O8S. The molecule has 0 aliphatic heterocycles. The van der Waals surface area contributed by atoms with Crippen molar-refractivity contribution in [1.29, 1.82) is 0 Å². The van der Waals surface area contributed by atoms with Crippen molar-refractivity contribution in [3.05, 3.63) is 43.8 Å². The van der Waals surface area contributed by atoms with Crippen LogP contribution >= 0.6 is 11.3 Å². The van der Waals surface area contributed by atoms with E-state index in [1.165, 1.54) is 18.4 Å². The molecular weight excluding hydrogens is 454 g/mol. The van der Waals surface area contributed by atoms with E-state index in [-0.39, 0.29) is 23.7 Å². The number of carbonyl (C=O) groups is 3. The van der Waals surface area contributed by atoms with E-state index in [4.69, 9.17) is 19.9 Å². The molecule has 1 aromatic heterocycles. The fourth-order valence-corrected chi connectivity index (χ4v) is 4.89. The standard InChI is InChI=1S/C21H23N3O8S/c1-3-31-15-9-13(24(28)29)12(8-14(15)30-2)21(27)32-10-17(25)23-20-18(19(22)26)11-6-4-5-7-16(11)33-20/h8-9H,3-7,10H2,1-2H3,(H2,22,26)(H,23,25). The van der Waals surface area contributed by atoms with Crippen LogP contribution in [0, 0.1) is 10.1 Å². The molecule has 0 radical (unpaired) electrons. The Morgan fingerprint density at radius 3 is 2.58 bits per heavy atom. The smallest absolute Gasteiger partial charge is 0.345 e. The molecule has 3 N–H and O–H groups in total. The first-order valence-corrected chi connectivity index (χ1v) is 11.0. The summed E-state index contributed by atoms with van der Waals surface area (Å²) < 4.78 is 15.4. The van der Waals surface area contributed by atoms with Crippen molar-refractivity contribution >= 4 is 39.8 Å². The number of primary amides is 1. The summed E-state index contributed by atoms with van der Waals surface area (Å²) in [5, 5.41) is 14.3. The van der Waals surface area contributed by atoms with Gasteiger partial charge in [0, 0.05) is 10.9 Å². The molecule has 0 unspecified atom stereocenters. The summed E-state index contributed by atoms with van der Waals surface area (Å²) in [6.45, 7) is 1.21. The zero-order valence-corrected chi connectivity index (χ0v) is 18.9. The van der Waals surface area contributed by atoms with Crippen molar-refractivity contribution in [1.82, 2.24) is 0 Å². The van der Waals surface area contributed by atoms with Gasteiger partial charge < -0.3 is 25.3 Å². The molecule has 1 aliphatic carbocycles. The van der Waals surface area contributed by atoms with Gasteiger partial charge in [-0.15, -0.1) is 11.3 Å². The van der Waals surface area contributed by atoms with Gasteiger partial charge in [0.2, 0.25) is 0 Å². The third-order valence-electron chi connectivity index (χ3n) is 5.00. The van der Waals surface area contributed by atoms with Gasteiger partial charge >= 0.3 is 5.97 Å². The Labute approximate surface area is 193 Å². The van der Waals surface area contributed by atoms with Crippen LogP contribution in [-0.2, 0) is 22.4 Å². The van der Waals surface area contributed by atoms with E-state index in [1.54, 1.807) is 6.92 Å². The lowest BCUT2D eigenvalue weighted by atomic mass is 9.95. The number of thiophene rings is 1. The van der Waals surface area contributed by atoms with Crippen molar-refractivity contribution in [3.8, 4) is 11.5 Å². The number of amides is 2. The quantitative estimate of drug-likeness (QED) is 0.317. The highest BCUT2D eigenvalue weighted by Gasteiger charge is 2.28. The predicted molar refractivity (Wildman–Crippen MR) is 119 cm³/mol. The highest BCUT2D eigenvalue weighted by Crippen LogP contribution is 2.38. The van der Waals surface area contributed by atoms with E-state index in [9.17, 15) is 24.5 Å². The number of fused-ring (bicyclic) bond motifs is 1.